The van der Waals surface area contributed by atoms with Gasteiger partial charge in [0, 0.05) is 6.42 Å². The van der Waals surface area contributed by atoms with Gasteiger partial charge in [-0.25, -0.2) is 0 Å². The van der Waals surface area contributed by atoms with Gasteiger partial charge < -0.3 is 4.74 Å². The Morgan fingerprint density at radius 3 is 1.02 bits per heavy atom. The first-order valence-corrected chi connectivity index (χ1v) is 19.6. The minimum absolute atomic E-state index is 0.0189. The highest BCUT2D eigenvalue weighted by Gasteiger charge is 2.02. The average Bonchev–Trinajstić information content (AvgIpc) is 3.00. The molecule has 0 aromatic carbocycles. The molecule has 250 valence electrons. The summed E-state index contributed by atoms with van der Waals surface area (Å²) in [4.78, 5) is 11.9. The van der Waals surface area contributed by atoms with Crippen molar-refractivity contribution in [1.29, 1.82) is 0 Å². The minimum atomic E-state index is 0.0189. The van der Waals surface area contributed by atoms with E-state index >= 15 is 0 Å². The lowest BCUT2D eigenvalue weighted by Gasteiger charge is -2.06. The Kier molecular flexibility index (Phi) is 37.5. The van der Waals surface area contributed by atoms with Crippen molar-refractivity contribution < 1.29 is 9.53 Å². The molecule has 0 atom stereocenters. The maximum absolute atomic E-state index is 11.9. The van der Waals surface area contributed by atoms with Crippen molar-refractivity contribution in [2.75, 3.05) is 6.61 Å². The van der Waals surface area contributed by atoms with Crippen LogP contribution in [0, 0.1) is 0 Å². The van der Waals surface area contributed by atoms with Gasteiger partial charge in [-0.05, 0) is 38.5 Å². The van der Waals surface area contributed by atoms with Crippen molar-refractivity contribution in [2.24, 2.45) is 0 Å². The molecule has 0 aromatic heterocycles. The van der Waals surface area contributed by atoms with Crippen LogP contribution in [0.4, 0.5) is 0 Å². The van der Waals surface area contributed by atoms with E-state index in [1.54, 1.807) is 0 Å². The summed E-state index contributed by atoms with van der Waals surface area (Å²) in [6.45, 7) is 5.20. The fourth-order valence-electron chi connectivity index (χ4n) is 5.96. The number of esters is 1. The van der Waals surface area contributed by atoms with Gasteiger partial charge in [0.25, 0.3) is 0 Å². The summed E-state index contributed by atoms with van der Waals surface area (Å²) in [5.74, 6) is 0.0189. The number of allylic oxidation sites excluding steroid dienone is 2. The number of carbonyl (C=O) groups excluding carboxylic acids is 1. The van der Waals surface area contributed by atoms with E-state index in [1.807, 2.05) is 0 Å². The molecule has 0 rings (SSSR count). The second kappa shape index (κ2) is 38.2. The van der Waals surface area contributed by atoms with E-state index in [1.165, 1.54) is 193 Å². The van der Waals surface area contributed by atoms with Crippen LogP contribution < -0.4 is 0 Å². The van der Waals surface area contributed by atoms with E-state index in [0.717, 1.165) is 19.3 Å². The van der Waals surface area contributed by atoms with Crippen LogP contribution >= 0.6 is 0 Å². The number of carbonyl (C=O) groups is 1. The van der Waals surface area contributed by atoms with E-state index in [0.29, 0.717) is 13.0 Å². The third kappa shape index (κ3) is 37.2. The Bertz CT molecular complexity index is 526. The van der Waals surface area contributed by atoms with Crippen LogP contribution in [-0.4, -0.2) is 12.6 Å². The highest BCUT2D eigenvalue weighted by atomic mass is 16.5. The first-order valence-electron chi connectivity index (χ1n) is 19.6. The monoisotopic (exact) mass is 591 g/mol. The van der Waals surface area contributed by atoms with Gasteiger partial charge in [0.05, 0.1) is 6.61 Å². The van der Waals surface area contributed by atoms with Gasteiger partial charge in [-0.1, -0.05) is 199 Å². The standard InChI is InChI=1S/C40H78O2/c1-3-5-7-9-11-13-15-17-19-20-21-22-23-25-27-29-31-33-35-37-39-42-40(41)38-36-34-32-30-28-26-24-18-16-14-12-10-8-6-4-2/h18,24H,3-17,19-23,25-39H2,1-2H3/b24-18-. The first-order chi connectivity index (χ1) is 20.8. The smallest absolute Gasteiger partial charge is 0.305 e. The molecule has 2 heteroatoms. The summed E-state index contributed by atoms with van der Waals surface area (Å²) in [5, 5.41) is 0. The molecule has 0 heterocycles. The second-order valence-electron chi connectivity index (χ2n) is 13.3. The Morgan fingerprint density at radius 2 is 0.667 bits per heavy atom. The average molecular weight is 591 g/mol. The number of hydrogen-bond donors (Lipinski definition) is 0. The SMILES string of the molecule is CCCCCCCC/C=C\CCCCCCCC(=O)OCCCCCCCCCCCCCCCCCCCCCC. The molecule has 0 radical (unpaired) electrons. The molecule has 0 unspecified atom stereocenters. The summed E-state index contributed by atoms with van der Waals surface area (Å²) < 4.78 is 5.45. The predicted octanol–water partition coefficient (Wildman–Crippen LogP) is 14.4. The molecule has 0 spiro atoms. The molecule has 0 aromatic rings. The molecule has 0 N–H and O–H groups in total. The molecule has 0 fully saturated rings. The summed E-state index contributed by atoms with van der Waals surface area (Å²) in [6, 6.07) is 0. The van der Waals surface area contributed by atoms with Gasteiger partial charge in [-0.3, -0.25) is 4.79 Å². The first kappa shape index (κ1) is 41.2. The molecule has 0 bridgehead atoms. The summed E-state index contributed by atoms with van der Waals surface area (Å²) in [5.41, 5.74) is 0. The molecule has 0 saturated carbocycles. The van der Waals surface area contributed by atoms with E-state index in [2.05, 4.69) is 26.0 Å². The van der Waals surface area contributed by atoms with Gasteiger partial charge in [0.2, 0.25) is 0 Å². The lowest BCUT2D eigenvalue weighted by molar-refractivity contribution is -0.143. The van der Waals surface area contributed by atoms with Crippen molar-refractivity contribution in [3.63, 3.8) is 0 Å². The maximum atomic E-state index is 11.9. The van der Waals surface area contributed by atoms with E-state index in [9.17, 15) is 4.79 Å². The molecular formula is C40H78O2. The Balaban J connectivity index is 3.17. The number of unbranched alkanes of at least 4 members (excludes halogenated alkanes) is 30. The quantitative estimate of drug-likeness (QED) is 0.0412. The van der Waals surface area contributed by atoms with E-state index in [-0.39, 0.29) is 5.97 Å². The third-order valence-electron chi connectivity index (χ3n) is 8.90. The van der Waals surface area contributed by atoms with Crippen LogP contribution in [0.1, 0.15) is 232 Å². The van der Waals surface area contributed by atoms with Crippen LogP contribution in [0.2, 0.25) is 0 Å². The highest BCUT2D eigenvalue weighted by Crippen LogP contribution is 2.15. The van der Waals surface area contributed by atoms with Crippen molar-refractivity contribution >= 4 is 5.97 Å². The van der Waals surface area contributed by atoms with Gasteiger partial charge in [0.1, 0.15) is 0 Å². The van der Waals surface area contributed by atoms with E-state index < -0.39 is 0 Å². The van der Waals surface area contributed by atoms with Crippen molar-refractivity contribution in [3.05, 3.63) is 12.2 Å². The Hall–Kier alpha value is -0.790. The number of rotatable bonds is 36. The van der Waals surface area contributed by atoms with Crippen LogP contribution in [0.3, 0.4) is 0 Å². The lowest BCUT2D eigenvalue weighted by Crippen LogP contribution is -2.05. The third-order valence-corrected chi connectivity index (χ3v) is 8.90. The molecule has 0 aliphatic carbocycles. The highest BCUT2D eigenvalue weighted by molar-refractivity contribution is 5.69. The predicted molar refractivity (Wildman–Crippen MR) is 188 cm³/mol. The molecule has 0 amide bonds. The fourth-order valence-corrected chi connectivity index (χ4v) is 5.96. The van der Waals surface area contributed by atoms with Crippen LogP contribution in [0.15, 0.2) is 12.2 Å². The molecule has 0 saturated heterocycles. The minimum Gasteiger partial charge on any atom is -0.466 e. The largest absolute Gasteiger partial charge is 0.466 e. The van der Waals surface area contributed by atoms with Crippen LogP contribution in [0.25, 0.3) is 0 Å². The maximum Gasteiger partial charge on any atom is 0.305 e. The summed E-state index contributed by atoms with van der Waals surface area (Å²) in [6.07, 6.45) is 50.0. The van der Waals surface area contributed by atoms with Gasteiger partial charge >= 0.3 is 5.97 Å². The second-order valence-corrected chi connectivity index (χ2v) is 13.3. The Morgan fingerprint density at radius 1 is 0.381 bits per heavy atom. The number of ether oxygens (including phenoxy) is 1. The molecular weight excluding hydrogens is 512 g/mol. The number of hydrogen-bond acceptors (Lipinski definition) is 2. The molecule has 2 nitrogen and oxygen atoms in total. The van der Waals surface area contributed by atoms with Crippen molar-refractivity contribution in [2.45, 2.75) is 232 Å². The van der Waals surface area contributed by atoms with Gasteiger partial charge in [-0.2, -0.15) is 0 Å². The zero-order chi connectivity index (χ0) is 30.4. The van der Waals surface area contributed by atoms with Crippen molar-refractivity contribution in [3.8, 4) is 0 Å². The zero-order valence-corrected chi connectivity index (χ0v) is 29.2. The zero-order valence-electron chi connectivity index (χ0n) is 29.2. The summed E-state index contributed by atoms with van der Waals surface area (Å²) >= 11 is 0. The van der Waals surface area contributed by atoms with Crippen LogP contribution in [0.5, 0.6) is 0 Å². The van der Waals surface area contributed by atoms with Gasteiger partial charge in [0.15, 0.2) is 0 Å². The van der Waals surface area contributed by atoms with E-state index in [4.69, 9.17) is 4.74 Å². The topological polar surface area (TPSA) is 26.3 Å². The van der Waals surface area contributed by atoms with Crippen molar-refractivity contribution in [1.82, 2.24) is 0 Å². The van der Waals surface area contributed by atoms with Crippen LogP contribution in [-0.2, 0) is 9.53 Å². The fraction of sp³-hybridized carbons (Fsp3) is 0.925. The molecule has 0 aliphatic rings. The summed E-state index contributed by atoms with van der Waals surface area (Å²) in [7, 11) is 0. The van der Waals surface area contributed by atoms with Gasteiger partial charge in [-0.15, -0.1) is 0 Å². The normalized spacial score (nSPS) is 11.6. The Labute approximate surface area is 266 Å². The molecule has 0 aliphatic heterocycles. The molecule has 42 heavy (non-hydrogen) atoms. The lowest BCUT2D eigenvalue weighted by atomic mass is 10.0.